The van der Waals surface area contributed by atoms with Crippen LogP contribution >= 0.6 is 46.2 Å². The molecule has 8 aromatic heterocycles. The van der Waals surface area contributed by atoms with Crippen molar-refractivity contribution in [1.82, 2.24) is 35.1 Å². The van der Waals surface area contributed by atoms with Crippen molar-refractivity contribution in [2.45, 2.75) is 66.0 Å². The number of alkyl halides is 3. The van der Waals surface area contributed by atoms with Gasteiger partial charge in [0, 0.05) is 66.4 Å². The van der Waals surface area contributed by atoms with Gasteiger partial charge in [0.2, 0.25) is 0 Å². The number of aryl methyl sites for hydroxylation is 4. The van der Waals surface area contributed by atoms with Crippen molar-refractivity contribution < 1.29 is 42.2 Å². The van der Waals surface area contributed by atoms with Gasteiger partial charge in [0.05, 0.1) is 22.8 Å². The Morgan fingerprint density at radius 2 is 1.61 bits per heavy atom. The third-order valence-electron chi connectivity index (χ3n) is 9.54. The topological polar surface area (TPSA) is 140 Å². The maximum Gasteiger partial charge on any atom is 2.00 e. The molecule has 0 aliphatic heterocycles. The summed E-state index contributed by atoms with van der Waals surface area (Å²) >= 11 is 9.02. The van der Waals surface area contributed by atoms with E-state index in [0.717, 1.165) is 34.1 Å². The van der Waals surface area contributed by atoms with Gasteiger partial charge in [-0.3, -0.25) is 14.8 Å². The van der Waals surface area contributed by atoms with E-state index in [2.05, 4.69) is 79.8 Å². The normalized spacial score (nSPS) is 10.7. The first kappa shape index (κ1) is 49.5. The van der Waals surface area contributed by atoms with E-state index in [0.29, 0.717) is 40.7 Å². The fourth-order valence-electron chi connectivity index (χ4n) is 6.36. The van der Waals surface area contributed by atoms with Gasteiger partial charge in [-0.2, -0.15) is 18.3 Å². The first-order chi connectivity index (χ1) is 30.4. The number of isothiocyanates is 1. The molecular formula is C46H39F3N8O2RuS4. The molecule has 0 radical (unpaired) electrons. The monoisotopic (exact) mass is 1020 g/mol. The number of thiophene rings is 3. The van der Waals surface area contributed by atoms with Crippen molar-refractivity contribution in [3.63, 3.8) is 0 Å². The van der Waals surface area contributed by atoms with Crippen LogP contribution in [0.25, 0.3) is 70.9 Å². The molecule has 328 valence electrons. The van der Waals surface area contributed by atoms with E-state index in [-0.39, 0.29) is 25.2 Å². The summed E-state index contributed by atoms with van der Waals surface area (Å²) in [6, 6.07) is 20.3. The predicted molar refractivity (Wildman–Crippen MR) is 249 cm³/mol. The Balaban J connectivity index is 0.000000252. The molecule has 0 amide bonds. The molecule has 0 N–H and O–H groups in total. The van der Waals surface area contributed by atoms with Crippen molar-refractivity contribution in [2.75, 3.05) is 0 Å². The first-order valence-corrected chi connectivity index (χ1v) is 22.5. The van der Waals surface area contributed by atoms with Gasteiger partial charge in [-0.05, 0) is 116 Å². The minimum absolute atomic E-state index is 0. The molecule has 0 spiro atoms. The molecule has 0 aliphatic rings. The average molecular weight is 1020 g/mol. The van der Waals surface area contributed by atoms with E-state index in [1.54, 1.807) is 65.5 Å². The van der Waals surface area contributed by atoms with Crippen molar-refractivity contribution >= 4 is 57.9 Å². The second kappa shape index (κ2) is 23.5. The number of hydrogen-bond acceptors (Lipinski definition) is 12. The summed E-state index contributed by atoms with van der Waals surface area (Å²) in [5, 5.41) is 17.4. The van der Waals surface area contributed by atoms with Gasteiger partial charge < -0.3 is 20.3 Å². The molecule has 0 bridgehead atoms. The molecule has 0 saturated heterocycles. The third-order valence-corrected chi connectivity index (χ3v) is 12.9. The Labute approximate surface area is 398 Å². The Morgan fingerprint density at radius 3 is 2.25 bits per heavy atom. The summed E-state index contributed by atoms with van der Waals surface area (Å²) in [5.41, 5.74) is 7.79. The number of ether oxygens (including phenoxy) is 1. The van der Waals surface area contributed by atoms with E-state index >= 15 is 0 Å². The summed E-state index contributed by atoms with van der Waals surface area (Å²) in [5.74, 6) is 0.378. The molecule has 0 aliphatic carbocycles. The van der Waals surface area contributed by atoms with Gasteiger partial charge >= 0.3 is 25.7 Å². The van der Waals surface area contributed by atoms with Gasteiger partial charge in [-0.25, -0.2) is 15.0 Å². The number of aromatic nitrogens is 7. The number of halogens is 3. The summed E-state index contributed by atoms with van der Waals surface area (Å²) in [6.07, 6.45) is 8.25. The maximum absolute atomic E-state index is 12.5. The van der Waals surface area contributed by atoms with Crippen LogP contribution in [0.2, 0.25) is 0 Å². The summed E-state index contributed by atoms with van der Waals surface area (Å²) in [7, 11) is 0. The maximum atomic E-state index is 12.5. The second-order valence-corrected chi connectivity index (χ2v) is 17.6. The second-order valence-electron chi connectivity index (χ2n) is 14.0. The van der Waals surface area contributed by atoms with E-state index in [1.165, 1.54) is 67.8 Å². The standard InChI is InChI=1S/C30H28N4O2S2.C15H11F3N3S.CNS.Ru/c1-3-4-5-6-7-22-12-20(2)38-30(22)29-14-23(17-37-29)21-8-11-32-26(13-21)28-16-24(36-19-35)15-27(34-28)25-9-10-31-18-33-25;1-8-5-13(22-9(8)2)10-3-4-11(19-7-10)12-6-14(21-20-12)15(16,17)18;2-1-3;/h8-19H,3-7H2,1-2H3;3-7H,1-2H3;;/q;2*-1;+2. The van der Waals surface area contributed by atoms with E-state index in [9.17, 15) is 18.0 Å². The van der Waals surface area contributed by atoms with Crippen molar-refractivity contribution in [2.24, 2.45) is 0 Å². The zero-order valence-electron chi connectivity index (χ0n) is 34.9. The minimum Gasteiger partial charge on any atom is -0.753 e. The molecule has 8 heterocycles. The van der Waals surface area contributed by atoms with Gasteiger partial charge in [0.1, 0.15) is 17.8 Å². The molecule has 0 aromatic carbocycles. The van der Waals surface area contributed by atoms with Gasteiger partial charge in [-0.15, -0.1) is 34.0 Å². The number of hydrogen-bond donors (Lipinski definition) is 0. The Kier molecular flexibility index (Phi) is 18.2. The Hall–Kier alpha value is -5.48. The summed E-state index contributed by atoms with van der Waals surface area (Å²) in [6.45, 7) is 8.93. The Morgan fingerprint density at radius 1 is 0.828 bits per heavy atom. The SMILES string of the molecule is CCCCCCc1cc(C)sc1-c1cc(-c2ccnc(-c3cc(OC=O)cc(-c4ccncn4)n3)c2)cs1.Cc1cc(-c2ccc(-c3cc(C(F)(F)F)n[n-]3)nc2)sc1C.[N-]=C=S.[Ru+2]. The van der Waals surface area contributed by atoms with Crippen molar-refractivity contribution in [3.05, 3.63) is 129 Å². The van der Waals surface area contributed by atoms with Crippen LogP contribution in [0.4, 0.5) is 13.2 Å². The molecule has 10 nitrogen and oxygen atoms in total. The smallest absolute Gasteiger partial charge is 0.753 e. The number of unbranched alkanes of at least 4 members (excludes halogenated alkanes) is 3. The van der Waals surface area contributed by atoms with Crippen LogP contribution in [-0.2, 0) is 36.9 Å². The average Bonchev–Trinajstić information content (AvgIpc) is 4.11. The van der Waals surface area contributed by atoms with Gasteiger partial charge in [0.15, 0.2) is 0 Å². The molecule has 0 atom stereocenters. The number of nitrogens with zero attached hydrogens (tertiary/aromatic N) is 8. The molecule has 18 heteroatoms. The van der Waals surface area contributed by atoms with Gasteiger partial charge in [0.25, 0.3) is 6.47 Å². The zero-order chi connectivity index (χ0) is 44.9. The summed E-state index contributed by atoms with van der Waals surface area (Å²) < 4.78 is 42.7. The molecular weight excluding hydrogens is 983 g/mol. The van der Waals surface area contributed by atoms with Crippen molar-refractivity contribution in [1.29, 1.82) is 0 Å². The van der Waals surface area contributed by atoms with Gasteiger partial charge in [-0.1, -0.05) is 44.1 Å². The predicted octanol–water partition coefficient (Wildman–Crippen LogP) is 13.1. The third kappa shape index (κ3) is 13.1. The summed E-state index contributed by atoms with van der Waals surface area (Å²) in [4.78, 5) is 39.2. The number of carbonyl (C=O) groups excluding carboxylic acids is 1. The van der Waals surface area contributed by atoms with E-state index in [4.69, 9.17) is 15.1 Å². The molecule has 8 aromatic rings. The quantitative estimate of drug-likeness (QED) is 0.0360. The van der Waals surface area contributed by atoms with Crippen LogP contribution in [-0.4, -0.2) is 41.7 Å². The van der Waals surface area contributed by atoms with Crippen LogP contribution in [0.3, 0.4) is 0 Å². The largest absolute Gasteiger partial charge is 2.00 e. The van der Waals surface area contributed by atoms with Crippen LogP contribution in [0.1, 0.15) is 59.2 Å². The first-order valence-electron chi connectivity index (χ1n) is 19.6. The molecule has 64 heavy (non-hydrogen) atoms. The van der Waals surface area contributed by atoms with Crippen LogP contribution in [0.5, 0.6) is 5.75 Å². The van der Waals surface area contributed by atoms with Crippen LogP contribution < -0.4 is 9.84 Å². The van der Waals surface area contributed by atoms with E-state index in [1.807, 2.05) is 43.4 Å². The van der Waals surface area contributed by atoms with Crippen LogP contribution in [0.15, 0.2) is 97.0 Å². The fraction of sp³-hybridized carbons (Fsp3) is 0.217. The molecule has 0 unspecified atom stereocenters. The zero-order valence-corrected chi connectivity index (χ0v) is 39.9. The van der Waals surface area contributed by atoms with Crippen molar-refractivity contribution in [3.8, 4) is 71.2 Å². The number of rotatable bonds is 13. The fourth-order valence-corrected chi connectivity index (χ4v) is 9.52. The number of carbonyl (C=O) groups is 1. The number of pyridine rings is 3. The van der Waals surface area contributed by atoms with Crippen LogP contribution in [0, 0.1) is 20.8 Å². The minimum atomic E-state index is -4.49. The number of thiocarbonyl (C=S) groups is 1. The molecule has 0 fully saturated rings. The molecule has 0 saturated carbocycles. The van der Waals surface area contributed by atoms with E-state index < -0.39 is 11.9 Å². The molecule has 8 rings (SSSR count). The Bertz CT molecular complexity index is 2780.